The molecule has 0 saturated carbocycles. The van der Waals surface area contributed by atoms with Gasteiger partial charge in [-0.2, -0.15) is 5.10 Å². The normalized spacial score (nSPS) is 20.4. The van der Waals surface area contributed by atoms with Crippen LogP contribution in [0.5, 0.6) is 0 Å². The molecule has 0 aromatic carbocycles. The summed E-state index contributed by atoms with van der Waals surface area (Å²) in [5, 5.41) is 8.24. The molecule has 2 heterocycles. The Kier molecular flexibility index (Phi) is 5.40. The van der Waals surface area contributed by atoms with E-state index < -0.39 is 0 Å². The van der Waals surface area contributed by atoms with Crippen LogP contribution in [0.2, 0.25) is 0 Å². The first-order valence-electron chi connectivity index (χ1n) is 7.56. The summed E-state index contributed by atoms with van der Waals surface area (Å²) in [6.45, 7) is 9.37. The van der Waals surface area contributed by atoms with Crippen LogP contribution < -0.4 is 5.32 Å². The van der Waals surface area contributed by atoms with Crippen LogP contribution in [-0.2, 0) is 11.3 Å². The fraction of sp³-hybridized carbons (Fsp3) is 0.800. The lowest BCUT2D eigenvalue weighted by Gasteiger charge is -2.28. The van der Waals surface area contributed by atoms with Crippen molar-refractivity contribution >= 4 is 0 Å². The summed E-state index contributed by atoms with van der Waals surface area (Å²) in [6.07, 6.45) is 5.56. The topological polar surface area (TPSA) is 39.1 Å². The molecule has 1 aliphatic rings. The number of aromatic nitrogens is 2. The third-order valence-electron chi connectivity index (χ3n) is 4.28. The maximum Gasteiger partial charge on any atom is 0.0762 e. The fourth-order valence-corrected chi connectivity index (χ4v) is 2.55. The van der Waals surface area contributed by atoms with Gasteiger partial charge in [-0.15, -0.1) is 0 Å². The average molecular weight is 265 g/mol. The van der Waals surface area contributed by atoms with Crippen molar-refractivity contribution in [3.05, 3.63) is 18.0 Å². The van der Waals surface area contributed by atoms with E-state index in [9.17, 15) is 0 Å². The van der Waals surface area contributed by atoms with Gasteiger partial charge in [-0.05, 0) is 45.1 Å². The van der Waals surface area contributed by atoms with Gasteiger partial charge in [-0.3, -0.25) is 4.68 Å². The van der Waals surface area contributed by atoms with Gasteiger partial charge in [-0.25, -0.2) is 0 Å². The van der Waals surface area contributed by atoms with Crippen molar-refractivity contribution in [1.82, 2.24) is 15.1 Å². The quantitative estimate of drug-likeness (QED) is 0.859. The van der Waals surface area contributed by atoms with Crippen molar-refractivity contribution in [3.63, 3.8) is 0 Å². The van der Waals surface area contributed by atoms with Crippen LogP contribution in [0.3, 0.4) is 0 Å². The minimum Gasteiger partial charge on any atom is -0.381 e. The van der Waals surface area contributed by atoms with Gasteiger partial charge in [0.25, 0.3) is 0 Å². The van der Waals surface area contributed by atoms with Crippen molar-refractivity contribution in [1.29, 1.82) is 0 Å². The van der Waals surface area contributed by atoms with Gasteiger partial charge < -0.3 is 10.1 Å². The molecule has 0 spiro atoms. The highest BCUT2D eigenvalue weighted by Gasteiger charge is 2.20. The second-order valence-electron chi connectivity index (χ2n) is 5.66. The van der Waals surface area contributed by atoms with Gasteiger partial charge in [0, 0.05) is 38.0 Å². The molecule has 19 heavy (non-hydrogen) atoms. The van der Waals surface area contributed by atoms with Gasteiger partial charge >= 0.3 is 0 Å². The van der Waals surface area contributed by atoms with Gasteiger partial charge in [0.2, 0.25) is 0 Å². The van der Waals surface area contributed by atoms with Gasteiger partial charge in [0.05, 0.1) is 5.69 Å². The van der Waals surface area contributed by atoms with Crippen LogP contribution in [0.4, 0.5) is 0 Å². The number of nitrogens with zero attached hydrogens (tertiary/aromatic N) is 2. The summed E-state index contributed by atoms with van der Waals surface area (Å²) >= 11 is 0. The van der Waals surface area contributed by atoms with Crippen LogP contribution >= 0.6 is 0 Å². The molecular weight excluding hydrogens is 238 g/mol. The predicted molar refractivity (Wildman–Crippen MR) is 77.1 cm³/mol. The minimum atomic E-state index is 0.488. The van der Waals surface area contributed by atoms with Crippen LogP contribution in [-0.4, -0.2) is 29.0 Å². The predicted octanol–water partition coefficient (Wildman–Crippen LogP) is 2.76. The average Bonchev–Trinajstić information content (AvgIpc) is 2.93. The summed E-state index contributed by atoms with van der Waals surface area (Å²) in [4.78, 5) is 0. The second-order valence-corrected chi connectivity index (χ2v) is 5.66. The zero-order chi connectivity index (χ0) is 13.7. The van der Waals surface area contributed by atoms with Crippen molar-refractivity contribution in [2.24, 2.45) is 5.92 Å². The Morgan fingerprint density at radius 1 is 1.42 bits per heavy atom. The molecule has 4 heteroatoms. The van der Waals surface area contributed by atoms with E-state index in [1.54, 1.807) is 0 Å². The van der Waals surface area contributed by atoms with Crippen molar-refractivity contribution in [2.75, 3.05) is 13.2 Å². The molecule has 2 atom stereocenters. The molecule has 1 aliphatic heterocycles. The Bertz CT molecular complexity index is 371. The van der Waals surface area contributed by atoms with E-state index in [0.29, 0.717) is 12.1 Å². The van der Waals surface area contributed by atoms with Crippen LogP contribution in [0, 0.1) is 5.92 Å². The molecule has 0 aliphatic carbocycles. The highest BCUT2D eigenvalue weighted by Crippen LogP contribution is 2.18. The summed E-state index contributed by atoms with van der Waals surface area (Å²) in [7, 11) is 0. The second kappa shape index (κ2) is 7.06. The first-order chi connectivity index (χ1) is 9.20. The zero-order valence-electron chi connectivity index (χ0n) is 12.4. The Hall–Kier alpha value is -0.870. The summed E-state index contributed by atoms with van der Waals surface area (Å²) in [6, 6.07) is 3.15. The molecule has 1 N–H and O–H groups in total. The highest BCUT2D eigenvalue weighted by molar-refractivity contribution is 4.99. The first kappa shape index (κ1) is 14.5. The first-order valence-corrected chi connectivity index (χ1v) is 7.56. The van der Waals surface area contributed by atoms with Crippen molar-refractivity contribution in [2.45, 2.75) is 58.7 Å². The van der Waals surface area contributed by atoms with Gasteiger partial charge in [0.15, 0.2) is 0 Å². The molecule has 0 bridgehead atoms. The Labute approximate surface area is 116 Å². The van der Waals surface area contributed by atoms with Crippen LogP contribution in [0.25, 0.3) is 0 Å². The fourth-order valence-electron chi connectivity index (χ4n) is 2.55. The number of rotatable bonds is 6. The molecule has 1 saturated heterocycles. The molecule has 0 radical (unpaired) electrons. The Balaban J connectivity index is 1.79. The zero-order valence-corrected chi connectivity index (χ0v) is 12.4. The lowest BCUT2D eigenvalue weighted by molar-refractivity contribution is 0.0557. The molecule has 108 valence electrons. The molecule has 1 aromatic rings. The maximum absolute atomic E-state index is 5.41. The molecular formula is C15H27N3O. The lowest BCUT2D eigenvalue weighted by atomic mass is 9.93. The molecule has 2 rings (SSSR count). The summed E-state index contributed by atoms with van der Waals surface area (Å²) < 4.78 is 7.48. The van der Waals surface area contributed by atoms with Gasteiger partial charge in [0.1, 0.15) is 0 Å². The van der Waals surface area contributed by atoms with Crippen molar-refractivity contribution < 1.29 is 4.74 Å². The SMILES string of the molecule is CCC(C)n1ccc(CNC(C)C2CCOCC2)n1. The number of hydrogen-bond acceptors (Lipinski definition) is 3. The summed E-state index contributed by atoms with van der Waals surface area (Å²) in [5.74, 6) is 0.741. The van der Waals surface area contributed by atoms with E-state index >= 15 is 0 Å². The van der Waals surface area contributed by atoms with Crippen molar-refractivity contribution in [3.8, 4) is 0 Å². The van der Waals surface area contributed by atoms with E-state index in [4.69, 9.17) is 4.74 Å². The largest absolute Gasteiger partial charge is 0.381 e. The number of nitrogens with one attached hydrogen (secondary N) is 1. The lowest BCUT2D eigenvalue weighted by Crippen LogP contribution is -2.36. The van der Waals surface area contributed by atoms with E-state index in [-0.39, 0.29) is 0 Å². The molecule has 0 amide bonds. The molecule has 2 unspecified atom stereocenters. The standard InChI is InChI=1S/C15H27N3O/c1-4-12(2)18-8-5-15(17-18)11-16-13(3)14-6-9-19-10-7-14/h5,8,12-14,16H,4,6-7,9-11H2,1-3H3. The van der Waals surface area contributed by atoms with E-state index in [1.807, 2.05) is 0 Å². The molecule has 4 nitrogen and oxygen atoms in total. The highest BCUT2D eigenvalue weighted by atomic mass is 16.5. The number of ether oxygens (including phenoxy) is 1. The molecule has 1 fully saturated rings. The third-order valence-corrected chi connectivity index (χ3v) is 4.28. The molecule has 1 aromatic heterocycles. The van der Waals surface area contributed by atoms with E-state index in [1.165, 1.54) is 12.8 Å². The van der Waals surface area contributed by atoms with E-state index in [2.05, 4.69) is 48.1 Å². The smallest absolute Gasteiger partial charge is 0.0762 e. The number of hydrogen-bond donors (Lipinski definition) is 1. The van der Waals surface area contributed by atoms with Gasteiger partial charge in [-0.1, -0.05) is 6.92 Å². The third kappa shape index (κ3) is 4.05. The maximum atomic E-state index is 5.41. The summed E-state index contributed by atoms with van der Waals surface area (Å²) in [5.41, 5.74) is 1.14. The Morgan fingerprint density at radius 3 is 2.84 bits per heavy atom. The van der Waals surface area contributed by atoms with Crippen LogP contribution in [0.15, 0.2) is 12.3 Å². The van der Waals surface area contributed by atoms with E-state index in [0.717, 1.165) is 37.8 Å². The van der Waals surface area contributed by atoms with Crippen LogP contribution in [0.1, 0.15) is 51.8 Å². The monoisotopic (exact) mass is 265 g/mol. The minimum absolute atomic E-state index is 0.488. The Morgan fingerprint density at radius 2 is 2.16 bits per heavy atom.